The van der Waals surface area contributed by atoms with Crippen molar-refractivity contribution in [3.05, 3.63) is 27.7 Å². The van der Waals surface area contributed by atoms with Gasteiger partial charge in [0.2, 0.25) is 5.91 Å². The molecule has 1 aromatic carbocycles. The summed E-state index contributed by atoms with van der Waals surface area (Å²) in [6.07, 6.45) is 0.336. The number of thiol groups is 1. The van der Waals surface area contributed by atoms with Crippen LogP contribution in [0.1, 0.15) is 22.3 Å². The van der Waals surface area contributed by atoms with Crippen LogP contribution in [0, 0.1) is 6.92 Å². The third-order valence-electron chi connectivity index (χ3n) is 2.81. The summed E-state index contributed by atoms with van der Waals surface area (Å²) in [6.45, 7) is 2.25. The SMILES string of the molecule is Cc1cc(Br)c(N2CC(S)CC2=O)c(C(=O)O)c1. The lowest BCUT2D eigenvalue weighted by molar-refractivity contribution is -0.117. The fourth-order valence-corrected chi connectivity index (χ4v) is 3.19. The van der Waals surface area contributed by atoms with Gasteiger partial charge in [-0.05, 0) is 40.5 Å². The molecule has 1 amide bonds. The number of anilines is 1. The molecule has 0 saturated carbocycles. The summed E-state index contributed by atoms with van der Waals surface area (Å²) in [5, 5.41) is 9.20. The molecule has 1 N–H and O–H groups in total. The minimum absolute atomic E-state index is 0.0488. The maximum absolute atomic E-state index is 11.9. The molecular weight excluding hydrogens is 318 g/mol. The second kappa shape index (κ2) is 4.93. The fourth-order valence-electron chi connectivity index (χ4n) is 2.08. The van der Waals surface area contributed by atoms with E-state index in [0.29, 0.717) is 23.1 Å². The number of carbonyl (C=O) groups is 2. The number of aromatic carboxylic acids is 1. The molecule has 1 unspecified atom stereocenters. The van der Waals surface area contributed by atoms with Gasteiger partial charge in [-0.2, -0.15) is 12.6 Å². The molecule has 4 nitrogen and oxygen atoms in total. The van der Waals surface area contributed by atoms with E-state index >= 15 is 0 Å². The average Bonchev–Trinajstić information content (AvgIpc) is 2.56. The summed E-state index contributed by atoms with van der Waals surface area (Å²) in [5.41, 5.74) is 1.39. The number of carboxylic acid groups (broad SMARTS) is 1. The van der Waals surface area contributed by atoms with Gasteiger partial charge in [-0.3, -0.25) is 4.79 Å². The molecule has 0 spiro atoms. The van der Waals surface area contributed by atoms with Gasteiger partial charge in [0.15, 0.2) is 0 Å². The van der Waals surface area contributed by atoms with Crippen LogP contribution in [0.4, 0.5) is 5.69 Å². The van der Waals surface area contributed by atoms with Gasteiger partial charge in [0, 0.05) is 22.7 Å². The zero-order chi connectivity index (χ0) is 13.4. The van der Waals surface area contributed by atoms with Gasteiger partial charge < -0.3 is 10.0 Å². The summed E-state index contributed by atoms with van der Waals surface area (Å²) in [4.78, 5) is 24.6. The Kier molecular flexibility index (Phi) is 3.68. The summed E-state index contributed by atoms with van der Waals surface area (Å²) >= 11 is 7.62. The monoisotopic (exact) mass is 329 g/mol. The molecule has 1 atom stereocenters. The van der Waals surface area contributed by atoms with Crippen LogP contribution in [0.2, 0.25) is 0 Å². The fraction of sp³-hybridized carbons (Fsp3) is 0.333. The molecule has 0 radical (unpaired) electrons. The Balaban J connectivity index is 2.56. The van der Waals surface area contributed by atoms with E-state index in [1.54, 1.807) is 12.1 Å². The molecule has 96 valence electrons. The van der Waals surface area contributed by atoms with Crippen LogP contribution in [0.5, 0.6) is 0 Å². The van der Waals surface area contributed by atoms with Crippen LogP contribution >= 0.6 is 28.6 Å². The molecule has 18 heavy (non-hydrogen) atoms. The third kappa shape index (κ3) is 2.40. The number of halogens is 1. The Labute approximate surface area is 119 Å². The molecule has 1 aromatic rings. The Morgan fingerprint density at radius 3 is 2.72 bits per heavy atom. The van der Waals surface area contributed by atoms with Crippen LogP contribution in [-0.4, -0.2) is 28.8 Å². The first-order valence-corrected chi connectivity index (χ1v) is 6.73. The minimum Gasteiger partial charge on any atom is -0.478 e. The Morgan fingerprint density at radius 2 is 2.22 bits per heavy atom. The van der Waals surface area contributed by atoms with E-state index < -0.39 is 5.97 Å². The molecule has 0 bridgehead atoms. The van der Waals surface area contributed by atoms with Crippen molar-refractivity contribution >= 4 is 46.1 Å². The second-order valence-corrected chi connectivity index (χ2v) is 5.89. The Hall–Kier alpha value is -1.01. The lowest BCUT2D eigenvalue weighted by Gasteiger charge is -2.20. The van der Waals surface area contributed by atoms with Crippen molar-refractivity contribution in [3.8, 4) is 0 Å². The first-order chi connectivity index (χ1) is 8.40. The van der Waals surface area contributed by atoms with Crippen molar-refractivity contribution in [3.63, 3.8) is 0 Å². The van der Waals surface area contributed by atoms with Gasteiger partial charge in [0.1, 0.15) is 0 Å². The lowest BCUT2D eigenvalue weighted by Crippen LogP contribution is -2.27. The maximum atomic E-state index is 11.9. The topological polar surface area (TPSA) is 57.6 Å². The van der Waals surface area contributed by atoms with Gasteiger partial charge in [-0.15, -0.1) is 0 Å². The van der Waals surface area contributed by atoms with E-state index in [0.717, 1.165) is 5.56 Å². The van der Waals surface area contributed by atoms with E-state index in [2.05, 4.69) is 28.6 Å². The molecule has 0 aromatic heterocycles. The van der Waals surface area contributed by atoms with Gasteiger partial charge >= 0.3 is 5.97 Å². The number of carbonyl (C=O) groups excluding carboxylic acids is 1. The number of carboxylic acids is 1. The maximum Gasteiger partial charge on any atom is 0.337 e. The number of benzene rings is 1. The van der Waals surface area contributed by atoms with Crippen LogP contribution in [-0.2, 0) is 4.79 Å². The predicted octanol–water partition coefficient (Wildman–Crippen LogP) is 2.49. The second-order valence-electron chi connectivity index (χ2n) is 4.31. The largest absolute Gasteiger partial charge is 0.478 e. The molecule has 1 fully saturated rings. The standard InChI is InChI=1S/C12H12BrNO3S/c1-6-2-8(12(16)17)11(9(13)3-6)14-5-7(18)4-10(14)15/h2-3,7,18H,4-5H2,1H3,(H,16,17). The lowest BCUT2D eigenvalue weighted by atomic mass is 10.1. The normalized spacial score (nSPS) is 19.4. The minimum atomic E-state index is -1.04. The van der Waals surface area contributed by atoms with Crippen LogP contribution in [0.25, 0.3) is 0 Å². The quantitative estimate of drug-likeness (QED) is 0.819. The number of nitrogens with zero attached hydrogens (tertiary/aromatic N) is 1. The van der Waals surface area contributed by atoms with Crippen molar-refractivity contribution in [1.29, 1.82) is 0 Å². The summed E-state index contributed by atoms with van der Waals surface area (Å²) in [5.74, 6) is -1.13. The Morgan fingerprint density at radius 1 is 1.56 bits per heavy atom. The van der Waals surface area contributed by atoms with Crippen LogP contribution in [0.3, 0.4) is 0 Å². The molecule has 1 saturated heterocycles. The zero-order valence-corrected chi connectivity index (χ0v) is 12.2. The van der Waals surface area contributed by atoms with E-state index in [9.17, 15) is 14.7 Å². The predicted molar refractivity (Wildman–Crippen MR) is 75.6 cm³/mol. The molecular formula is C12H12BrNO3S. The van der Waals surface area contributed by atoms with Gasteiger partial charge in [-0.25, -0.2) is 4.79 Å². The molecule has 1 aliphatic rings. The third-order valence-corrected chi connectivity index (χ3v) is 3.76. The van der Waals surface area contributed by atoms with E-state index in [1.165, 1.54) is 4.90 Å². The summed E-state index contributed by atoms with van der Waals surface area (Å²) in [7, 11) is 0. The van der Waals surface area contributed by atoms with Crippen molar-refractivity contribution in [2.75, 3.05) is 11.4 Å². The van der Waals surface area contributed by atoms with Crippen molar-refractivity contribution in [1.82, 2.24) is 0 Å². The molecule has 6 heteroatoms. The highest BCUT2D eigenvalue weighted by Gasteiger charge is 2.32. The van der Waals surface area contributed by atoms with E-state index in [1.807, 2.05) is 6.92 Å². The van der Waals surface area contributed by atoms with Crippen LogP contribution < -0.4 is 4.90 Å². The smallest absolute Gasteiger partial charge is 0.337 e. The number of amides is 1. The first-order valence-electron chi connectivity index (χ1n) is 5.42. The first kappa shape index (κ1) is 13.4. The summed E-state index contributed by atoms with van der Waals surface area (Å²) in [6, 6.07) is 3.38. The van der Waals surface area contributed by atoms with Crippen LogP contribution in [0.15, 0.2) is 16.6 Å². The highest BCUT2D eigenvalue weighted by atomic mass is 79.9. The van der Waals surface area contributed by atoms with Gasteiger partial charge in [0.25, 0.3) is 0 Å². The highest BCUT2D eigenvalue weighted by molar-refractivity contribution is 9.10. The molecule has 1 heterocycles. The molecule has 1 aliphatic heterocycles. The number of aryl methyl sites for hydroxylation is 1. The van der Waals surface area contributed by atoms with Gasteiger partial charge in [0.05, 0.1) is 11.3 Å². The molecule has 2 rings (SSSR count). The van der Waals surface area contributed by atoms with Crippen molar-refractivity contribution in [2.24, 2.45) is 0 Å². The van der Waals surface area contributed by atoms with E-state index in [-0.39, 0.29) is 16.7 Å². The number of hydrogen-bond donors (Lipinski definition) is 2. The molecule has 0 aliphatic carbocycles. The Bertz CT molecular complexity index is 532. The number of rotatable bonds is 2. The van der Waals surface area contributed by atoms with Crippen molar-refractivity contribution < 1.29 is 14.7 Å². The summed E-state index contributed by atoms with van der Waals surface area (Å²) < 4.78 is 0.621. The van der Waals surface area contributed by atoms with Crippen molar-refractivity contribution in [2.45, 2.75) is 18.6 Å². The van der Waals surface area contributed by atoms with E-state index in [4.69, 9.17) is 0 Å². The average molecular weight is 330 g/mol. The number of hydrogen-bond acceptors (Lipinski definition) is 3. The zero-order valence-electron chi connectivity index (χ0n) is 9.68. The van der Waals surface area contributed by atoms with Gasteiger partial charge in [-0.1, -0.05) is 0 Å². The highest BCUT2D eigenvalue weighted by Crippen LogP contribution is 2.35.